The summed E-state index contributed by atoms with van der Waals surface area (Å²) in [7, 11) is -3.21. The van der Waals surface area contributed by atoms with Crippen molar-refractivity contribution in [1.29, 1.82) is 0 Å². The van der Waals surface area contributed by atoms with Crippen LogP contribution in [0, 0.1) is 0 Å². The number of aromatic nitrogens is 2. The largest absolute Gasteiger partial charge is 0.334 e. The van der Waals surface area contributed by atoms with Crippen LogP contribution in [-0.4, -0.2) is 65.7 Å². The van der Waals surface area contributed by atoms with E-state index in [4.69, 9.17) is 0 Å². The Labute approximate surface area is 124 Å². The number of carbonyl (C=O) groups excluding carboxylic acids is 1. The first-order chi connectivity index (χ1) is 9.86. The summed E-state index contributed by atoms with van der Waals surface area (Å²) in [5.74, 6) is 0.401. The average molecular weight is 312 g/mol. The zero-order chi connectivity index (χ0) is 15.2. The Hall–Kier alpha value is -1.41. The molecule has 0 spiro atoms. The first kappa shape index (κ1) is 14.5. The molecule has 8 heteroatoms. The van der Waals surface area contributed by atoms with Crippen molar-refractivity contribution in [3.63, 3.8) is 0 Å². The highest BCUT2D eigenvalue weighted by molar-refractivity contribution is 7.88. The van der Waals surface area contributed by atoms with Gasteiger partial charge in [-0.1, -0.05) is 0 Å². The van der Waals surface area contributed by atoms with Crippen LogP contribution >= 0.6 is 0 Å². The lowest BCUT2D eigenvalue weighted by atomic mass is 10.2. The van der Waals surface area contributed by atoms with Crippen molar-refractivity contribution in [2.45, 2.75) is 31.7 Å². The Bertz CT molecular complexity index is 650. The molecule has 21 heavy (non-hydrogen) atoms. The minimum Gasteiger partial charge on any atom is -0.334 e. The Morgan fingerprint density at radius 1 is 1.38 bits per heavy atom. The maximum atomic E-state index is 12.4. The minimum atomic E-state index is -3.21. The summed E-state index contributed by atoms with van der Waals surface area (Å²) in [5, 5.41) is 7.03. The van der Waals surface area contributed by atoms with Crippen molar-refractivity contribution in [2.24, 2.45) is 0 Å². The molecule has 2 fully saturated rings. The number of nitrogens with zero attached hydrogens (tertiary/aromatic N) is 3. The van der Waals surface area contributed by atoms with Gasteiger partial charge in [0.2, 0.25) is 10.0 Å². The van der Waals surface area contributed by atoms with Crippen LogP contribution in [0.2, 0.25) is 0 Å². The maximum absolute atomic E-state index is 12.4. The average Bonchev–Trinajstić information content (AvgIpc) is 3.14. The third kappa shape index (κ3) is 2.96. The third-order valence-corrected chi connectivity index (χ3v) is 5.51. The van der Waals surface area contributed by atoms with E-state index in [0.717, 1.165) is 18.5 Å². The molecule has 1 aliphatic heterocycles. The predicted molar refractivity (Wildman–Crippen MR) is 77.5 cm³/mol. The first-order valence-corrected chi connectivity index (χ1v) is 9.02. The van der Waals surface area contributed by atoms with Gasteiger partial charge in [-0.25, -0.2) is 8.42 Å². The van der Waals surface area contributed by atoms with Gasteiger partial charge in [0, 0.05) is 37.3 Å². The number of hydrogen-bond acceptors (Lipinski definition) is 4. The molecule has 0 bridgehead atoms. The molecule has 1 aliphatic carbocycles. The molecule has 1 saturated heterocycles. The van der Waals surface area contributed by atoms with Crippen LogP contribution in [0.3, 0.4) is 0 Å². The molecule has 1 saturated carbocycles. The SMILES string of the molecule is C[C@H]1CN(C(=O)c2cc(C3CC3)[nH]n2)CCN1S(C)(=O)=O. The van der Waals surface area contributed by atoms with E-state index in [2.05, 4.69) is 10.2 Å². The Morgan fingerprint density at radius 2 is 2.10 bits per heavy atom. The molecular formula is C13H20N4O3S. The summed E-state index contributed by atoms with van der Waals surface area (Å²) in [5.41, 5.74) is 1.46. The molecule has 1 aromatic heterocycles. The van der Waals surface area contributed by atoms with E-state index in [1.165, 1.54) is 10.6 Å². The van der Waals surface area contributed by atoms with Crippen molar-refractivity contribution in [2.75, 3.05) is 25.9 Å². The Balaban J connectivity index is 1.68. The molecule has 1 N–H and O–H groups in total. The summed E-state index contributed by atoms with van der Waals surface area (Å²) in [6.07, 6.45) is 3.51. The van der Waals surface area contributed by atoms with Crippen LogP contribution in [-0.2, 0) is 10.0 Å². The molecule has 7 nitrogen and oxygen atoms in total. The second-order valence-corrected chi connectivity index (χ2v) is 7.89. The van der Waals surface area contributed by atoms with Crippen molar-refractivity contribution in [3.05, 3.63) is 17.5 Å². The van der Waals surface area contributed by atoms with Crippen LogP contribution in [0.5, 0.6) is 0 Å². The molecule has 0 aromatic carbocycles. The molecule has 1 atom stereocenters. The van der Waals surface area contributed by atoms with Gasteiger partial charge >= 0.3 is 0 Å². The third-order valence-electron chi connectivity index (χ3n) is 4.11. The summed E-state index contributed by atoms with van der Waals surface area (Å²) in [6, 6.07) is 1.62. The lowest BCUT2D eigenvalue weighted by Gasteiger charge is -2.37. The van der Waals surface area contributed by atoms with E-state index < -0.39 is 10.0 Å². The molecule has 0 unspecified atom stereocenters. The van der Waals surface area contributed by atoms with Gasteiger partial charge in [0.05, 0.1) is 6.26 Å². The van der Waals surface area contributed by atoms with Crippen molar-refractivity contribution >= 4 is 15.9 Å². The predicted octanol–water partition coefficient (Wildman–Crippen LogP) is 0.393. The molecule has 2 heterocycles. The number of amides is 1. The fraction of sp³-hybridized carbons (Fsp3) is 0.692. The lowest BCUT2D eigenvalue weighted by Crippen LogP contribution is -2.55. The molecule has 3 rings (SSSR count). The summed E-state index contributed by atoms with van der Waals surface area (Å²) in [6.45, 7) is 2.96. The van der Waals surface area contributed by atoms with Crippen molar-refractivity contribution in [3.8, 4) is 0 Å². The quantitative estimate of drug-likeness (QED) is 0.875. The summed E-state index contributed by atoms with van der Waals surface area (Å²) in [4.78, 5) is 14.1. The highest BCUT2D eigenvalue weighted by atomic mass is 32.2. The zero-order valence-corrected chi connectivity index (χ0v) is 13.1. The fourth-order valence-electron chi connectivity index (χ4n) is 2.83. The lowest BCUT2D eigenvalue weighted by molar-refractivity contribution is 0.0637. The van der Waals surface area contributed by atoms with Crippen LogP contribution in [0.15, 0.2) is 6.07 Å². The van der Waals surface area contributed by atoms with Gasteiger partial charge < -0.3 is 4.90 Å². The second-order valence-electron chi connectivity index (χ2n) is 5.96. The topological polar surface area (TPSA) is 86.4 Å². The Kier molecular flexibility index (Phi) is 3.53. The number of hydrogen-bond donors (Lipinski definition) is 1. The van der Waals surface area contributed by atoms with Crippen molar-refractivity contribution < 1.29 is 13.2 Å². The first-order valence-electron chi connectivity index (χ1n) is 7.17. The fourth-order valence-corrected chi connectivity index (χ4v) is 3.96. The zero-order valence-electron chi connectivity index (χ0n) is 12.2. The summed E-state index contributed by atoms with van der Waals surface area (Å²) < 4.78 is 24.7. The van der Waals surface area contributed by atoms with Gasteiger partial charge in [-0.15, -0.1) is 0 Å². The highest BCUT2D eigenvalue weighted by Gasteiger charge is 2.33. The normalized spacial score (nSPS) is 24.3. The van der Waals surface area contributed by atoms with E-state index in [-0.39, 0.29) is 11.9 Å². The van der Waals surface area contributed by atoms with E-state index in [1.807, 2.05) is 13.0 Å². The van der Waals surface area contributed by atoms with E-state index in [9.17, 15) is 13.2 Å². The summed E-state index contributed by atoms with van der Waals surface area (Å²) >= 11 is 0. The standard InChI is InChI=1S/C13H20N4O3S/c1-9-8-16(5-6-17(9)21(2,19)20)13(18)12-7-11(14-15-12)10-3-4-10/h7,9-10H,3-6,8H2,1-2H3,(H,14,15)/t9-/m0/s1. The number of carbonyl (C=O) groups is 1. The molecule has 1 aromatic rings. The molecule has 1 amide bonds. The van der Waals surface area contributed by atoms with Crippen LogP contribution < -0.4 is 0 Å². The van der Waals surface area contributed by atoms with Gasteiger partial charge in [0.25, 0.3) is 5.91 Å². The number of nitrogens with one attached hydrogen (secondary N) is 1. The van der Waals surface area contributed by atoms with Crippen LogP contribution in [0.4, 0.5) is 0 Å². The smallest absolute Gasteiger partial charge is 0.274 e. The highest BCUT2D eigenvalue weighted by Crippen LogP contribution is 2.39. The van der Waals surface area contributed by atoms with Gasteiger partial charge in [0.15, 0.2) is 0 Å². The van der Waals surface area contributed by atoms with Gasteiger partial charge in [0.1, 0.15) is 5.69 Å². The van der Waals surface area contributed by atoms with Crippen molar-refractivity contribution in [1.82, 2.24) is 19.4 Å². The minimum absolute atomic E-state index is 0.127. The molecule has 0 radical (unpaired) electrons. The second kappa shape index (κ2) is 5.10. The Morgan fingerprint density at radius 3 is 2.67 bits per heavy atom. The number of H-pyrrole nitrogens is 1. The van der Waals surface area contributed by atoms with E-state index in [0.29, 0.717) is 31.2 Å². The number of aromatic amines is 1. The van der Waals surface area contributed by atoms with Gasteiger partial charge in [-0.2, -0.15) is 9.40 Å². The van der Waals surface area contributed by atoms with E-state index >= 15 is 0 Å². The molecule has 116 valence electrons. The van der Waals surface area contributed by atoms with Crippen LogP contribution in [0.25, 0.3) is 0 Å². The monoisotopic (exact) mass is 312 g/mol. The number of piperazine rings is 1. The number of sulfonamides is 1. The number of rotatable bonds is 3. The van der Waals surface area contributed by atoms with Crippen LogP contribution in [0.1, 0.15) is 41.9 Å². The maximum Gasteiger partial charge on any atom is 0.274 e. The van der Waals surface area contributed by atoms with E-state index in [1.54, 1.807) is 4.90 Å². The molecular weight excluding hydrogens is 292 g/mol. The van der Waals surface area contributed by atoms with Gasteiger partial charge in [-0.3, -0.25) is 9.89 Å². The van der Waals surface area contributed by atoms with Gasteiger partial charge in [-0.05, 0) is 25.8 Å². The molecule has 2 aliphatic rings.